The number of ether oxygens (including phenoxy) is 2. The SMILES string of the molecule is COc1cc(C(=O)/C=C/c2cc(C)n(-c3nccs3)c2C)ccc1OCC(=O)[O-]. The van der Waals surface area contributed by atoms with Gasteiger partial charge in [0.25, 0.3) is 0 Å². The summed E-state index contributed by atoms with van der Waals surface area (Å²) in [5, 5.41) is 13.3. The summed E-state index contributed by atoms with van der Waals surface area (Å²) >= 11 is 1.54. The maximum Gasteiger partial charge on any atom is 0.193 e. The van der Waals surface area contributed by atoms with Crippen LogP contribution in [-0.2, 0) is 4.79 Å². The van der Waals surface area contributed by atoms with Crippen LogP contribution in [-0.4, -0.2) is 35.0 Å². The molecule has 0 bridgehead atoms. The largest absolute Gasteiger partial charge is 0.546 e. The first-order chi connectivity index (χ1) is 13.9. The van der Waals surface area contributed by atoms with E-state index in [4.69, 9.17) is 9.47 Å². The van der Waals surface area contributed by atoms with E-state index in [1.165, 1.54) is 25.3 Å². The lowest BCUT2D eigenvalue weighted by atomic mass is 10.1. The smallest absolute Gasteiger partial charge is 0.193 e. The van der Waals surface area contributed by atoms with E-state index in [0.717, 1.165) is 22.1 Å². The molecule has 0 unspecified atom stereocenters. The molecule has 0 spiro atoms. The molecule has 0 radical (unpaired) electrons. The summed E-state index contributed by atoms with van der Waals surface area (Å²) in [6.45, 7) is 3.37. The number of ketones is 1. The summed E-state index contributed by atoms with van der Waals surface area (Å²) in [6, 6.07) is 6.56. The van der Waals surface area contributed by atoms with Crippen molar-refractivity contribution in [2.45, 2.75) is 13.8 Å². The van der Waals surface area contributed by atoms with Gasteiger partial charge in [0.1, 0.15) is 6.61 Å². The Hall–Kier alpha value is -3.39. The number of rotatable bonds is 8. The molecule has 0 saturated heterocycles. The Morgan fingerprint density at radius 2 is 2.03 bits per heavy atom. The summed E-state index contributed by atoms with van der Waals surface area (Å²) in [7, 11) is 1.42. The van der Waals surface area contributed by atoms with Crippen LogP contribution in [0.1, 0.15) is 27.3 Å². The summed E-state index contributed by atoms with van der Waals surface area (Å²) in [6.07, 6.45) is 5.01. The molecule has 29 heavy (non-hydrogen) atoms. The highest BCUT2D eigenvalue weighted by Crippen LogP contribution is 2.29. The number of aliphatic carboxylic acids is 1. The second kappa shape index (κ2) is 8.74. The van der Waals surface area contributed by atoms with Crippen LogP contribution in [0.25, 0.3) is 11.2 Å². The molecule has 0 fully saturated rings. The van der Waals surface area contributed by atoms with Crippen LogP contribution < -0.4 is 14.6 Å². The van der Waals surface area contributed by atoms with E-state index in [9.17, 15) is 14.7 Å². The van der Waals surface area contributed by atoms with Gasteiger partial charge in [-0.05, 0) is 55.8 Å². The number of carboxylic acid groups (broad SMARTS) is 1. The zero-order valence-corrected chi connectivity index (χ0v) is 17.0. The van der Waals surface area contributed by atoms with Crippen molar-refractivity contribution in [2.75, 3.05) is 13.7 Å². The normalized spacial score (nSPS) is 11.0. The number of aryl methyl sites for hydroxylation is 1. The van der Waals surface area contributed by atoms with Crippen molar-refractivity contribution in [2.24, 2.45) is 0 Å². The number of nitrogens with zero attached hydrogens (tertiary/aromatic N) is 2. The monoisotopic (exact) mass is 411 g/mol. The lowest BCUT2D eigenvalue weighted by Crippen LogP contribution is -2.29. The second-order valence-electron chi connectivity index (χ2n) is 6.20. The fraction of sp³-hybridized carbons (Fsp3) is 0.190. The lowest BCUT2D eigenvalue weighted by molar-refractivity contribution is -0.307. The number of aromatic nitrogens is 2. The third kappa shape index (κ3) is 4.55. The number of benzene rings is 1. The van der Waals surface area contributed by atoms with E-state index in [2.05, 4.69) is 4.98 Å². The van der Waals surface area contributed by atoms with E-state index in [0.29, 0.717) is 5.56 Å². The van der Waals surface area contributed by atoms with Gasteiger partial charge in [0.15, 0.2) is 22.4 Å². The average molecular weight is 411 g/mol. The van der Waals surface area contributed by atoms with Crippen LogP contribution in [0.15, 0.2) is 41.9 Å². The van der Waals surface area contributed by atoms with Crippen LogP contribution in [0.5, 0.6) is 11.5 Å². The Bertz CT molecular complexity index is 1070. The Morgan fingerprint density at radius 1 is 1.24 bits per heavy atom. The van der Waals surface area contributed by atoms with Crippen molar-refractivity contribution in [1.29, 1.82) is 0 Å². The van der Waals surface area contributed by atoms with Crippen molar-refractivity contribution in [3.05, 3.63) is 64.4 Å². The summed E-state index contributed by atoms with van der Waals surface area (Å²) in [5.41, 5.74) is 3.34. The lowest BCUT2D eigenvalue weighted by Gasteiger charge is -2.11. The van der Waals surface area contributed by atoms with Gasteiger partial charge in [0.05, 0.1) is 13.1 Å². The van der Waals surface area contributed by atoms with E-state index >= 15 is 0 Å². The summed E-state index contributed by atoms with van der Waals surface area (Å²) in [4.78, 5) is 27.5. The molecule has 0 saturated carbocycles. The average Bonchev–Trinajstić information content (AvgIpc) is 3.31. The van der Waals surface area contributed by atoms with Gasteiger partial charge in [-0.15, -0.1) is 11.3 Å². The first-order valence-electron chi connectivity index (χ1n) is 8.72. The van der Waals surface area contributed by atoms with Gasteiger partial charge in [-0.1, -0.05) is 0 Å². The number of carbonyl (C=O) groups is 2. The molecular formula is C21H19N2O5S-. The first kappa shape index (κ1) is 20.3. The fourth-order valence-electron chi connectivity index (χ4n) is 2.92. The molecule has 0 aliphatic carbocycles. The molecule has 0 aliphatic heterocycles. The van der Waals surface area contributed by atoms with Gasteiger partial charge in [0.2, 0.25) is 0 Å². The number of hydrogen-bond donors (Lipinski definition) is 0. The fourth-order valence-corrected chi connectivity index (χ4v) is 3.67. The second-order valence-corrected chi connectivity index (χ2v) is 7.07. The third-order valence-electron chi connectivity index (χ3n) is 4.29. The Kier molecular flexibility index (Phi) is 6.13. The standard InChI is InChI=1S/C21H20N2O5S/c1-13-10-15(14(2)23(13)21-22-8-9-29-21)4-6-17(24)16-5-7-18(19(11-16)27-3)28-12-20(25)26/h4-11H,12H2,1-3H3,(H,25,26)/p-1/b6-4+. The number of allylic oxidation sites excluding steroid dienone is 1. The molecule has 0 aliphatic rings. The molecule has 0 N–H and O–H groups in total. The van der Waals surface area contributed by atoms with Gasteiger partial charge in [-0.3, -0.25) is 9.36 Å². The molecular weight excluding hydrogens is 392 g/mol. The van der Waals surface area contributed by atoms with Crippen molar-refractivity contribution < 1.29 is 24.2 Å². The van der Waals surface area contributed by atoms with E-state index in [1.54, 1.807) is 29.7 Å². The van der Waals surface area contributed by atoms with Crippen LogP contribution in [0.3, 0.4) is 0 Å². The third-order valence-corrected chi connectivity index (χ3v) is 5.05. The highest BCUT2D eigenvalue weighted by molar-refractivity contribution is 7.12. The highest BCUT2D eigenvalue weighted by Gasteiger charge is 2.12. The highest BCUT2D eigenvalue weighted by atomic mass is 32.1. The molecule has 2 heterocycles. The van der Waals surface area contributed by atoms with Gasteiger partial charge in [-0.2, -0.15) is 0 Å². The van der Waals surface area contributed by atoms with Crippen molar-refractivity contribution in [1.82, 2.24) is 9.55 Å². The molecule has 8 heteroatoms. The quantitative estimate of drug-likeness (QED) is 0.418. The zero-order chi connectivity index (χ0) is 21.0. The van der Waals surface area contributed by atoms with Gasteiger partial charge in [0, 0.05) is 28.5 Å². The minimum atomic E-state index is -1.34. The molecule has 0 amide bonds. The van der Waals surface area contributed by atoms with Gasteiger partial charge >= 0.3 is 0 Å². The predicted octanol–water partition coefficient (Wildman–Crippen LogP) is 2.58. The Balaban J connectivity index is 1.81. The summed E-state index contributed by atoms with van der Waals surface area (Å²) < 4.78 is 12.3. The van der Waals surface area contributed by atoms with E-state index in [1.807, 2.05) is 29.9 Å². The van der Waals surface area contributed by atoms with Crippen LogP contribution in [0, 0.1) is 13.8 Å². The topological polar surface area (TPSA) is 93.5 Å². The van der Waals surface area contributed by atoms with E-state index < -0.39 is 12.6 Å². The Morgan fingerprint density at radius 3 is 2.69 bits per heavy atom. The molecule has 3 rings (SSSR count). The van der Waals surface area contributed by atoms with Crippen LogP contribution in [0.2, 0.25) is 0 Å². The van der Waals surface area contributed by atoms with Crippen LogP contribution in [0.4, 0.5) is 0 Å². The minimum absolute atomic E-state index is 0.214. The number of carbonyl (C=O) groups excluding carboxylic acids is 2. The van der Waals surface area contributed by atoms with Crippen molar-refractivity contribution >= 4 is 29.2 Å². The molecule has 2 aromatic heterocycles. The molecule has 3 aromatic rings. The van der Waals surface area contributed by atoms with Crippen molar-refractivity contribution in [3.8, 4) is 16.6 Å². The van der Waals surface area contributed by atoms with E-state index in [-0.39, 0.29) is 17.3 Å². The number of hydrogen-bond acceptors (Lipinski definition) is 7. The molecule has 150 valence electrons. The van der Waals surface area contributed by atoms with Crippen LogP contribution >= 0.6 is 11.3 Å². The first-order valence-corrected chi connectivity index (χ1v) is 9.60. The number of carboxylic acids is 1. The molecule has 7 nitrogen and oxygen atoms in total. The summed E-state index contributed by atoms with van der Waals surface area (Å²) in [5.74, 6) is -1.06. The maximum atomic E-state index is 12.6. The zero-order valence-electron chi connectivity index (χ0n) is 16.2. The van der Waals surface area contributed by atoms with Crippen molar-refractivity contribution in [3.63, 3.8) is 0 Å². The molecule has 0 atom stereocenters. The predicted molar refractivity (Wildman–Crippen MR) is 108 cm³/mol. The molecule has 1 aromatic carbocycles. The maximum absolute atomic E-state index is 12.6. The van der Waals surface area contributed by atoms with Gasteiger partial charge in [-0.25, -0.2) is 4.98 Å². The minimum Gasteiger partial charge on any atom is -0.546 e. The Labute approximate surface area is 171 Å². The number of thiazole rings is 1. The van der Waals surface area contributed by atoms with Gasteiger partial charge < -0.3 is 19.4 Å². The number of methoxy groups -OCH3 is 1.